The molecule has 30 heavy (non-hydrogen) atoms. The summed E-state index contributed by atoms with van der Waals surface area (Å²) in [6, 6.07) is 4.38. The van der Waals surface area contributed by atoms with E-state index < -0.39 is 10.0 Å². The average Bonchev–Trinajstić information content (AvgIpc) is 2.94. The molecule has 0 aliphatic carbocycles. The fourth-order valence-corrected chi connectivity index (χ4v) is 6.19. The summed E-state index contributed by atoms with van der Waals surface area (Å²) in [5, 5.41) is 4.57. The molecule has 3 aromatic rings. The van der Waals surface area contributed by atoms with E-state index in [9.17, 15) is 13.2 Å². The Morgan fingerprint density at radius 2 is 1.93 bits per heavy atom. The third-order valence-corrected chi connectivity index (χ3v) is 8.79. The van der Waals surface area contributed by atoms with Crippen molar-refractivity contribution in [1.82, 2.24) is 14.3 Å². The van der Waals surface area contributed by atoms with Crippen LogP contribution in [0.4, 0.5) is 5.69 Å². The molecule has 0 saturated carbocycles. The van der Waals surface area contributed by atoms with Crippen LogP contribution in [0.1, 0.15) is 16.3 Å². The number of amides is 1. The first-order valence-corrected chi connectivity index (χ1v) is 12.5. The molecule has 2 aromatic heterocycles. The molecule has 0 bridgehead atoms. The molecular weight excluding hydrogens is 464 g/mol. The molecule has 0 unspecified atom stereocenters. The minimum absolute atomic E-state index is 0.0582. The predicted molar refractivity (Wildman–Crippen MR) is 123 cm³/mol. The number of halogens is 1. The summed E-state index contributed by atoms with van der Waals surface area (Å²) in [6.45, 7) is 5.89. The van der Waals surface area contributed by atoms with Gasteiger partial charge in [0, 0.05) is 30.0 Å². The number of aromatic nitrogens is 2. The highest BCUT2D eigenvalue weighted by molar-refractivity contribution is 8.00. The summed E-state index contributed by atoms with van der Waals surface area (Å²) < 4.78 is 25.9. The SMILES string of the molecule is Cc1nc(SCC(=O)Nc2ccc(Cl)c(S(=O)(=O)N(C)C)c2)c2c(C)c(C)sc2n1. The molecule has 2 heterocycles. The molecule has 0 radical (unpaired) electrons. The van der Waals surface area contributed by atoms with Gasteiger partial charge in [0.05, 0.1) is 10.8 Å². The molecule has 0 spiro atoms. The summed E-state index contributed by atoms with van der Waals surface area (Å²) >= 11 is 8.99. The highest BCUT2D eigenvalue weighted by Crippen LogP contribution is 2.35. The molecule has 1 aromatic carbocycles. The number of carbonyl (C=O) groups is 1. The topological polar surface area (TPSA) is 92.3 Å². The maximum atomic E-state index is 12.5. The van der Waals surface area contributed by atoms with E-state index in [0.29, 0.717) is 11.5 Å². The van der Waals surface area contributed by atoms with Gasteiger partial charge in [0.25, 0.3) is 0 Å². The standard InChI is InChI=1S/C19H21ClN4O3S3/c1-10-11(2)29-19-17(10)18(21-12(3)22-19)28-9-16(25)23-13-6-7-14(20)15(8-13)30(26,27)24(4)5/h6-8H,9H2,1-5H3,(H,23,25). The van der Waals surface area contributed by atoms with Crippen molar-refractivity contribution >= 4 is 66.5 Å². The van der Waals surface area contributed by atoms with E-state index in [-0.39, 0.29) is 21.6 Å². The number of aryl methyl sites for hydroxylation is 3. The molecule has 1 amide bonds. The lowest BCUT2D eigenvalue weighted by Gasteiger charge is -2.14. The number of thioether (sulfide) groups is 1. The van der Waals surface area contributed by atoms with Gasteiger partial charge in [0.15, 0.2) is 0 Å². The van der Waals surface area contributed by atoms with Gasteiger partial charge >= 0.3 is 0 Å². The molecule has 7 nitrogen and oxygen atoms in total. The van der Waals surface area contributed by atoms with Gasteiger partial charge in [0.1, 0.15) is 20.6 Å². The molecule has 0 fully saturated rings. The smallest absolute Gasteiger partial charge is 0.244 e. The molecule has 0 atom stereocenters. The molecular formula is C19H21ClN4O3S3. The van der Waals surface area contributed by atoms with Crippen molar-refractivity contribution in [3.63, 3.8) is 0 Å². The Hall–Kier alpha value is -1.72. The van der Waals surface area contributed by atoms with Crippen LogP contribution in [-0.2, 0) is 14.8 Å². The number of nitrogens with one attached hydrogen (secondary N) is 1. The zero-order valence-corrected chi connectivity index (χ0v) is 20.3. The van der Waals surface area contributed by atoms with Crippen LogP contribution < -0.4 is 5.32 Å². The number of hydrogen-bond donors (Lipinski definition) is 1. The third kappa shape index (κ3) is 4.62. The van der Waals surface area contributed by atoms with E-state index in [4.69, 9.17) is 11.6 Å². The van der Waals surface area contributed by atoms with Crippen molar-refractivity contribution < 1.29 is 13.2 Å². The van der Waals surface area contributed by atoms with Gasteiger partial charge in [-0.25, -0.2) is 22.7 Å². The first-order chi connectivity index (χ1) is 14.0. The summed E-state index contributed by atoms with van der Waals surface area (Å²) in [6.07, 6.45) is 0. The van der Waals surface area contributed by atoms with Gasteiger partial charge in [0.2, 0.25) is 15.9 Å². The lowest BCUT2D eigenvalue weighted by molar-refractivity contribution is -0.113. The average molecular weight is 485 g/mol. The van der Waals surface area contributed by atoms with Crippen molar-refractivity contribution in [2.24, 2.45) is 0 Å². The van der Waals surface area contributed by atoms with Crippen LogP contribution >= 0.6 is 34.7 Å². The Labute approximate surface area is 188 Å². The molecule has 160 valence electrons. The van der Waals surface area contributed by atoms with Crippen LogP contribution in [0, 0.1) is 20.8 Å². The second kappa shape index (κ2) is 8.80. The Bertz CT molecular complexity index is 1240. The highest BCUT2D eigenvalue weighted by atomic mass is 35.5. The van der Waals surface area contributed by atoms with Crippen LogP contribution in [0.3, 0.4) is 0 Å². The largest absolute Gasteiger partial charge is 0.325 e. The molecule has 1 N–H and O–H groups in total. The third-order valence-electron chi connectivity index (χ3n) is 4.42. The van der Waals surface area contributed by atoms with Crippen LogP contribution in [0.15, 0.2) is 28.1 Å². The van der Waals surface area contributed by atoms with Crippen molar-refractivity contribution in [2.75, 3.05) is 25.2 Å². The van der Waals surface area contributed by atoms with Crippen molar-refractivity contribution in [3.05, 3.63) is 39.5 Å². The fourth-order valence-electron chi connectivity index (χ4n) is 2.73. The van der Waals surface area contributed by atoms with Gasteiger partial charge in [-0.1, -0.05) is 23.4 Å². The van der Waals surface area contributed by atoms with Crippen molar-refractivity contribution in [1.29, 1.82) is 0 Å². The molecule has 11 heteroatoms. The monoisotopic (exact) mass is 484 g/mol. The second-order valence-electron chi connectivity index (χ2n) is 6.81. The number of rotatable bonds is 6. The first-order valence-electron chi connectivity index (χ1n) is 8.89. The maximum absolute atomic E-state index is 12.5. The summed E-state index contributed by atoms with van der Waals surface area (Å²) in [5.41, 5.74) is 1.48. The van der Waals surface area contributed by atoms with Gasteiger partial charge in [-0.2, -0.15) is 0 Å². The van der Waals surface area contributed by atoms with Gasteiger partial charge in [-0.05, 0) is 44.5 Å². The second-order valence-corrected chi connectivity index (χ2v) is 11.5. The first kappa shape index (κ1) is 23.0. The molecule has 0 aliphatic heterocycles. The highest BCUT2D eigenvalue weighted by Gasteiger charge is 2.22. The van der Waals surface area contributed by atoms with E-state index in [0.717, 1.165) is 25.1 Å². The zero-order valence-electron chi connectivity index (χ0n) is 17.1. The Morgan fingerprint density at radius 1 is 1.23 bits per heavy atom. The predicted octanol–water partition coefficient (Wildman–Crippen LogP) is 4.25. The normalized spacial score (nSPS) is 12.0. The van der Waals surface area contributed by atoms with E-state index >= 15 is 0 Å². The maximum Gasteiger partial charge on any atom is 0.244 e. The minimum atomic E-state index is -3.72. The zero-order chi connectivity index (χ0) is 22.2. The summed E-state index contributed by atoms with van der Waals surface area (Å²) in [7, 11) is -0.878. The summed E-state index contributed by atoms with van der Waals surface area (Å²) in [4.78, 5) is 23.5. The number of thiophene rings is 1. The van der Waals surface area contributed by atoms with E-state index in [1.165, 1.54) is 42.9 Å². The minimum Gasteiger partial charge on any atom is -0.325 e. The van der Waals surface area contributed by atoms with Gasteiger partial charge in [-0.3, -0.25) is 4.79 Å². The lowest BCUT2D eigenvalue weighted by atomic mass is 10.2. The summed E-state index contributed by atoms with van der Waals surface area (Å²) in [5.74, 6) is 0.505. The lowest BCUT2D eigenvalue weighted by Crippen LogP contribution is -2.23. The van der Waals surface area contributed by atoms with E-state index in [2.05, 4.69) is 15.3 Å². The van der Waals surface area contributed by atoms with Crippen molar-refractivity contribution in [3.8, 4) is 0 Å². The number of carbonyl (C=O) groups excluding carboxylic acids is 1. The Morgan fingerprint density at radius 3 is 2.60 bits per heavy atom. The van der Waals surface area contributed by atoms with Gasteiger partial charge < -0.3 is 5.32 Å². The molecule has 3 rings (SSSR count). The van der Waals surface area contributed by atoms with E-state index in [1.807, 2.05) is 20.8 Å². The number of sulfonamides is 1. The quantitative estimate of drug-likeness (QED) is 0.415. The van der Waals surface area contributed by atoms with Crippen LogP contribution in [-0.4, -0.2) is 48.4 Å². The van der Waals surface area contributed by atoms with Crippen molar-refractivity contribution in [2.45, 2.75) is 30.7 Å². The Kier molecular flexibility index (Phi) is 6.73. The number of nitrogens with zero attached hydrogens (tertiary/aromatic N) is 3. The van der Waals surface area contributed by atoms with Crippen LogP contribution in [0.5, 0.6) is 0 Å². The number of fused-ring (bicyclic) bond motifs is 1. The fraction of sp³-hybridized carbons (Fsp3) is 0.316. The van der Waals surface area contributed by atoms with Crippen LogP contribution in [0.2, 0.25) is 5.02 Å². The van der Waals surface area contributed by atoms with Gasteiger partial charge in [-0.15, -0.1) is 11.3 Å². The molecule has 0 aliphatic rings. The number of benzene rings is 1. The molecule has 0 saturated heterocycles. The Balaban J connectivity index is 1.79. The van der Waals surface area contributed by atoms with Crippen LogP contribution in [0.25, 0.3) is 10.2 Å². The number of hydrogen-bond acceptors (Lipinski definition) is 7. The number of anilines is 1. The van der Waals surface area contributed by atoms with E-state index in [1.54, 1.807) is 17.4 Å².